The van der Waals surface area contributed by atoms with Gasteiger partial charge in [0.2, 0.25) is 0 Å². The van der Waals surface area contributed by atoms with Gasteiger partial charge in [-0.1, -0.05) is 0 Å². The van der Waals surface area contributed by atoms with Crippen molar-refractivity contribution in [1.82, 2.24) is 20.2 Å². The molecule has 1 atom stereocenters. The molecular weight excluding hydrogens is 464 g/mol. The van der Waals surface area contributed by atoms with Crippen molar-refractivity contribution in [2.24, 2.45) is 0 Å². The molecule has 1 aromatic heterocycles. The molecule has 194 valence electrons. The van der Waals surface area contributed by atoms with Gasteiger partial charge in [0.05, 0.1) is 38.1 Å². The van der Waals surface area contributed by atoms with E-state index >= 15 is 0 Å². The van der Waals surface area contributed by atoms with Crippen LogP contribution in [-0.2, 0) is 22.5 Å². The molecule has 0 radical (unpaired) electrons. The number of morpholine rings is 1. The second kappa shape index (κ2) is 10.8. The number of hydrogen-bond acceptors (Lipinski definition) is 8. The van der Waals surface area contributed by atoms with Crippen LogP contribution >= 0.6 is 0 Å². The summed E-state index contributed by atoms with van der Waals surface area (Å²) in [5.74, 6) is 1.04. The number of carbonyl (C=O) groups is 2. The molecule has 1 fully saturated rings. The van der Waals surface area contributed by atoms with Gasteiger partial charge in [0.15, 0.2) is 5.82 Å². The summed E-state index contributed by atoms with van der Waals surface area (Å²) in [6, 6.07) is 6.96. The Bertz CT molecular complexity index is 1100. The lowest BCUT2D eigenvalue weighted by Crippen LogP contribution is -2.49. The van der Waals surface area contributed by atoms with Gasteiger partial charge in [-0.05, 0) is 45.0 Å². The van der Waals surface area contributed by atoms with Crippen molar-refractivity contribution < 1.29 is 24.5 Å². The first-order valence-electron chi connectivity index (χ1n) is 12.2. The zero-order valence-corrected chi connectivity index (χ0v) is 21.0. The van der Waals surface area contributed by atoms with Crippen molar-refractivity contribution in [1.29, 1.82) is 0 Å². The number of amides is 3. The van der Waals surface area contributed by atoms with E-state index in [9.17, 15) is 14.7 Å². The monoisotopic (exact) mass is 498 g/mol. The van der Waals surface area contributed by atoms with Crippen LogP contribution in [0.2, 0.25) is 0 Å². The van der Waals surface area contributed by atoms with E-state index in [-0.39, 0.29) is 25.1 Å². The van der Waals surface area contributed by atoms with Crippen LogP contribution in [0.4, 0.5) is 16.3 Å². The van der Waals surface area contributed by atoms with Gasteiger partial charge < -0.3 is 35.4 Å². The lowest BCUT2D eigenvalue weighted by molar-refractivity contribution is -0.148. The third-order valence-electron chi connectivity index (χ3n) is 6.29. The zero-order chi connectivity index (χ0) is 25.9. The zero-order valence-electron chi connectivity index (χ0n) is 21.0. The van der Waals surface area contributed by atoms with E-state index in [1.807, 2.05) is 12.1 Å². The number of urea groups is 1. The number of benzene rings is 1. The van der Waals surface area contributed by atoms with Crippen LogP contribution in [0.15, 0.2) is 24.3 Å². The molecule has 1 unspecified atom stereocenters. The number of fused-ring (bicyclic) bond motifs is 1. The summed E-state index contributed by atoms with van der Waals surface area (Å²) in [7, 11) is 0. The smallest absolute Gasteiger partial charge is 0.319 e. The Hall–Kier alpha value is -3.28. The van der Waals surface area contributed by atoms with Gasteiger partial charge in [0, 0.05) is 42.9 Å². The van der Waals surface area contributed by atoms with Crippen LogP contribution in [0, 0.1) is 0 Å². The number of carbonyl (C=O) groups excluding carboxylic acids is 2. The summed E-state index contributed by atoms with van der Waals surface area (Å²) in [5.41, 5.74) is 1.75. The summed E-state index contributed by atoms with van der Waals surface area (Å²) >= 11 is 0. The Labute approximate surface area is 210 Å². The molecule has 2 aromatic rings. The molecule has 0 spiro atoms. The quantitative estimate of drug-likeness (QED) is 0.465. The molecule has 11 heteroatoms. The SMILES string of the molecule is CC1COCCN1c1nc(-c2ccc(NC(=O)NCCO)cc2)nc2c1CN(C(=O)C(C)(C)O)CC2. The average molecular weight is 499 g/mol. The molecular formula is C25H34N6O5. The molecule has 2 aliphatic heterocycles. The fourth-order valence-electron chi connectivity index (χ4n) is 4.41. The van der Waals surface area contributed by atoms with Crippen LogP contribution < -0.4 is 15.5 Å². The number of nitrogens with zero attached hydrogens (tertiary/aromatic N) is 4. The lowest BCUT2D eigenvalue weighted by atomic mass is 10.0. The molecule has 0 bridgehead atoms. The maximum Gasteiger partial charge on any atom is 0.319 e. The molecule has 36 heavy (non-hydrogen) atoms. The van der Waals surface area contributed by atoms with Crippen molar-refractivity contribution >= 4 is 23.4 Å². The normalized spacial score (nSPS) is 18.0. The van der Waals surface area contributed by atoms with Gasteiger partial charge in [-0.25, -0.2) is 14.8 Å². The van der Waals surface area contributed by atoms with E-state index in [1.165, 1.54) is 13.8 Å². The van der Waals surface area contributed by atoms with Gasteiger partial charge in [0.1, 0.15) is 11.4 Å². The molecule has 4 N–H and O–H groups in total. The highest BCUT2D eigenvalue weighted by Crippen LogP contribution is 2.32. The predicted molar refractivity (Wildman–Crippen MR) is 135 cm³/mol. The third kappa shape index (κ3) is 5.75. The molecule has 3 heterocycles. The molecule has 1 saturated heterocycles. The van der Waals surface area contributed by atoms with Crippen molar-refractivity contribution in [2.45, 2.75) is 45.4 Å². The number of aliphatic hydroxyl groups is 2. The van der Waals surface area contributed by atoms with Crippen LogP contribution in [-0.4, -0.2) is 88.1 Å². The fraction of sp³-hybridized carbons (Fsp3) is 0.520. The van der Waals surface area contributed by atoms with Gasteiger partial charge in [-0.3, -0.25) is 4.79 Å². The number of nitrogens with one attached hydrogen (secondary N) is 2. The van der Waals surface area contributed by atoms with E-state index in [1.54, 1.807) is 17.0 Å². The number of aromatic nitrogens is 2. The van der Waals surface area contributed by atoms with Crippen LogP contribution in [0.1, 0.15) is 32.0 Å². The Morgan fingerprint density at radius 2 is 1.94 bits per heavy atom. The number of rotatable bonds is 6. The second-order valence-electron chi connectivity index (χ2n) is 9.63. The van der Waals surface area contributed by atoms with E-state index in [4.69, 9.17) is 19.8 Å². The van der Waals surface area contributed by atoms with Crippen LogP contribution in [0.5, 0.6) is 0 Å². The number of aliphatic hydroxyl groups excluding tert-OH is 1. The Morgan fingerprint density at radius 3 is 2.61 bits per heavy atom. The first-order valence-corrected chi connectivity index (χ1v) is 12.2. The van der Waals surface area contributed by atoms with Gasteiger partial charge in [0.25, 0.3) is 5.91 Å². The molecule has 3 amide bonds. The molecule has 4 rings (SSSR count). The molecule has 0 aliphatic carbocycles. The Balaban J connectivity index is 1.65. The van der Waals surface area contributed by atoms with Crippen molar-refractivity contribution in [3.63, 3.8) is 0 Å². The predicted octanol–water partition coefficient (Wildman–Crippen LogP) is 1.14. The summed E-state index contributed by atoms with van der Waals surface area (Å²) in [6.07, 6.45) is 0.559. The first kappa shape index (κ1) is 25.8. The topological polar surface area (TPSA) is 140 Å². The highest BCUT2D eigenvalue weighted by atomic mass is 16.5. The Kier molecular flexibility index (Phi) is 7.72. The first-order chi connectivity index (χ1) is 17.2. The Morgan fingerprint density at radius 1 is 1.19 bits per heavy atom. The molecule has 11 nitrogen and oxygen atoms in total. The second-order valence-corrected chi connectivity index (χ2v) is 9.63. The van der Waals surface area contributed by atoms with Crippen molar-refractivity contribution in [2.75, 3.05) is 49.7 Å². The van der Waals surface area contributed by atoms with Gasteiger partial charge >= 0.3 is 6.03 Å². The minimum Gasteiger partial charge on any atom is -0.395 e. The van der Waals surface area contributed by atoms with E-state index in [2.05, 4.69) is 22.5 Å². The third-order valence-corrected chi connectivity index (χ3v) is 6.29. The molecule has 1 aromatic carbocycles. The summed E-state index contributed by atoms with van der Waals surface area (Å²) in [6.45, 7) is 7.79. The fourth-order valence-corrected chi connectivity index (χ4v) is 4.41. The maximum atomic E-state index is 12.8. The van der Waals surface area contributed by atoms with Crippen LogP contribution in [0.3, 0.4) is 0 Å². The van der Waals surface area contributed by atoms with Crippen molar-refractivity contribution in [3.8, 4) is 11.4 Å². The summed E-state index contributed by atoms with van der Waals surface area (Å²) < 4.78 is 5.63. The number of anilines is 2. The standard InChI is InChI=1S/C25H34N6O5/c1-16-15-36-13-11-31(16)22-19-14-30(23(33)25(2,3)35)10-8-20(19)28-21(29-22)17-4-6-18(7-5-17)27-24(34)26-9-12-32/h4-7,16,32,35H,8-15H2,1-3H3,(H2,26,27,34). The van der Waals surface area contributed by atoms with E-state index < -0.39 is 11.6 Å². The highest BCUT2D eigenvalue weighted by Gasteiger charge is 2.35. The average Bonchev–Trinajstić information content (AvgIpc) is 2.86. The molecule has 2 aliphatic rings. The lowest BCUT2D eigenvalue weighted by Gasteiger charge is -2.39. The minimum atomic E-state index is -1.45. The summed E-state index contributed by atoms with van der Waals surface area (Å²) in [4.78, 5) is 38.3. The summed E-state index contributed by atoms with van der Waals surface area (Å²) in [5, 5.41) is 24.4. The van der Waals surface area contributed by atoms with Gasteiger partial charge in [-0.2, -0.15) is 0 Å². The highest BCUT2D eigenvalue weighted by molar-refractivity contribution is 5.89. The maximum absolute atomic E-state index is 12.8. The van der Waals surface area contributed by atoms with Crippen LogP contribution in [0.25, 0.3) is 11.4 Å². The largest absolute Gasteiger partial charge is 0.395 e. The van der Waals surface area contributed by atoms with Crippen molar-refractivity contribution in [3.05, 3.63) is 35.5 Å². The minimum absolute atomic E-state index is 0.106. The van der Waals surface area contributed by atoms with Gasteiger partial charge in [-0.15, -0.1) is 0 Å². The number of hydrogen-bond donors (Lipinski definition) is 4. The van der Waals surface area contributed by atoms with E-state index in [0.29, 0.717) is 50.8 Å². The number of ether oxygens (including phenoxy) is 1. The van der Waals surface area contributed by atoms with E-state index in [0.717, 1.165) is 22.6 Å². The molecule has 0 saturated carbocycles.